The first-order valence-corrected chi connectivity index (χ1v) is 18.4. The number of nitrogens with zero attached hydrogens (tertiary/aromatic N) is 3. The van der Waals surface area contributed by atoms with Crippen LogP contribution in [0.3, 0.4) is 0 Å². The van der Waals surface area contributed by atoms with Gasteiger partial charge >= 0.3 is 13.7 Å². The van der Waals surface area contributed by atoms with E-state index in [0.29, 0.717) is 0 Å². The summed E-state index contributed by atoms with van der Waals surface area (Å²) in [6.45, 7) is 0.116. The summed E-state index contributed by atoms with van der Waals surface area (Å²) < 4.78 is 5.35. The number of para-hydroxylation sites is 4. The Labute approximate surface area is 287 Å². The van der Waals surface area contributed by atoms with Gasteiger partial charge in [-0.05, 0) is 69.6 Å². The number of rotatable bonds is 1. The summed E-state index contributed by atoms with van der Waals surface area (Å²) in [7, 11) is 0. The van der Waals surface area contributed by atoms with Crippen molar-refractivity contribution in [1.82, 2.24) is 8.96 Å². The zero-order chi connectivity index (χ0) is 31.7. The van der Waals surface area contributed by atoms with Gasteiger partial charge in [-0.15, -0.1) is 11.8 Å². The fourth-order valence-electron chi connectivity index (χ4n) is 10.3. The van der Waals surface area contributed by atoms with Crippen molar-refractivity contribution in [2.24, 2.45) is 0 Å². The van der Waals surface area contributed by atoms with Gasteiger partial charge in [-0.1, -0.05) is 103 Å². The normalized spacial score (nSPS) is 14.2. The third-order valence-corrected chi connectivity index (χ3v) is 12.8. The van der Waals surface area contributed by atoms with Gasteiger partial charge in [0.15, 0.2) is 0 Å². The monoisotopic (exact) mass is 637 g/mol. The molecular formula is C43H25B2N3S. The number of aromatic nitrogens is 2. The van der Waals surface area contributed by atoms with Crippen molar-refractivity contribution < 1.29 is 0 Å². The molecule has 0 atom stereocenters. The zero-order valence-electron chi connectivity index (χ0n) is 26.6. The van der Waals surface area contributed by atoms with Gasteiger partial charge in [0.2, 0.25) is 0 Å². The summed E-state index contributed by atoms with van der Waals surface area (Å²) in [5.74, 6) is 0. The van der Waals surface area contributed by atoms with E-state index in [-0.39, 0.29) is 13.7 Å². The van der Waals surface area contributed by atoms with Crippen LogP contribution in [0.4, 0.5) is 17.1 Å². The third-order valence-electron chi connectivity index (χ3n) is 12.0. The van der Waals surface area contributed by atoms with Gasteiger partial charge in [0.1, 0.15) is 0 Å². The lowest BCUT2D eigenvalue weighted by atomic mass is 9.39. The van der Waals surface area contributed by atoms with Crippen molar-refractivity contribution >= 4 is 108 Å². The van der Waals surface area contributed by atoms with Crippen LogP contribution in [0.15, 0.2) is 138 Å². The minimum Gasteiger partial charge on any atom is -0.375 e. The lowest BCUT2D eigenvalue weighted by Gasteiger charge is -2.47. The van der Waals surface area contributed by atoms with Gasteiger partial charge in [0.25, 0.3) is 0 Å². The number of hydrogen-bond acceptors (Lipinski definition) is 2. The molecule has 0 fully saturated rings. The van der Waals surface area contributed by atoms with Crippen LogP contribution in [0.2, 0.25) is 0 Å². The van der Waals surface area contributed by atoms with E-state index < -0.39 is 0 Å². The van der Waals surface area contributed by atoms with Crippen molar-refractivity contribution in [3.63, 3.8) is 0 Å². The van der Waals surface area contributed by atoms with E-state index in [2.05, 4.69) is 154 Å². The van der Waals surface area contributed by atoms with Gasteiger partial charge in [-0.3, -0.25) is 0 Å². The highest BCUT2D eigenvalue weighted by Crippen LogP contribution is 2.49. The fraction of sp³-hybridized carbons (Fsp3) is 0.0233. The van der Waals surface area contributed by atoms with Crippen LogP contribution in [-0.2, 0) is 0 Å². The number of anilines is 3. The predicted molar refractivity (Wildman–Crippen MR) is 211 cm³/mol. The quantitative estimate of drug-likeness (QED) is 0.134. The summed E-state index contributed by atoms with van der Waals surface area (Å²) in [6.07, 6.45) is 2.25. The van der Waals surface area contributed by atoms with Gasteiger partial charge in [-0.2, -0.15) is 0 Å². The maximum Gasteiger partial charge on any atom is 0.334 e. The third kappa shape index (κ3) is 2.73. The molecule has 3 nitrogen and oxygen atoms in total. The second-order valence-corrected chi connectivity index (χ2v) is 14.8. The van der Waals surface area contributed by atoms with Crippen molar-refractivity contribution in [1.29, 1.82) is 0 Å². The molecule has 0 amide bonds. The van der Waals surface area contributed by atoms with Crippen molar-refractivity contribution in [2.75, 3.05) is 11.2 Å². The summed E-state index contributed by atoms with van der Waals surface area (Å²) >= 11 is 1.88. The van der Waals surface area contributed by atoms with Crippen molar-refractivity contribution in [3.05, 3.63) is 133 Å². The summed E-state index contributed by atoms with van der Waals surface area (Å²) in [5.41, 5.74) is 20.2. The molecule has 9 aromatic rings. The molecule has 49 heavy (non-hydrogen) atoms. The highest BCUT2D eigenvalue weighted by Gasteiger charge is 2.50. The molecule has 4 aliphatic rings. The smallest absolute Gasteiger partial charge is 0.334 e. The number of hydrogen-bond donors (Lipinski definition) is 0. The Morgan fingerprint density at radius 3 is 1.57 bits per heavy atom. The van der Waals surface area contributed by atoms with Gasteiger partial charge in [0.05, 0.1) is 0 Å². The molecule has 0 N–H and O–H groups in total. The molecule has 2 aromatic heterocycles. The molecule has 6 heteroatoms. The summed E-state index contributed by atoms with van der Waals surface area (Å²) in [5, 5.41) is 5.32. The van der Waals surface area contributed by atoms with Crippen LogP contribution in [0, 0.1) is 0 Å². The summed E-state index contributed by atoms with van der Waals surface area (Å²) in [6, 6.07) is 50.7. The molecule has 0 unspecified atom stereocenters. The average Bonchev–Trinajstić information content (AvgIpc) is 3.68. The van der Waals surface area contributed by atoms with E-state index in [0.717, 1.165) is 0 Å². The molecule has 0 saturated heterocycles. The van der Waals surface area contributed by atoms with Gasteiger partial charge in [-0.25, -0.2) is 0 Å². The molecule has 6 heterocycles. The molecule has 13 rings (SSSR count). The Morgan fingerprint density at radius 1 is 0.449 bits per heavy atom. The SMILES string of the molecule is CSc1ccc2c3c1B1c4c(cccc4N3c3cccc4c3B2n2c3ccccc3c3cccc-4c32)-c2cccc3c4ccccc4n1c23. The number of fused-ring (bicyclic) bond motifs is 14. The Morgan fingerprint density at radius 2 is 0.959 bits per heavy atom. The van der Waals surface area contributed by atoms with E-state index in [9.17, 15) is 0 Å². The van der Waals surface area contributed by atoms with E-state index in [1.807, 2.05) is 11.8 Å². The molecule has 0 aliphatic carbocycles. The van der Waals surface area contributed by atoms with Gasteiger partial charge in [0, 0.05) is 76.7 Å². The molecule has 0 bridgehead atoms. The van der Waals surface area contributed by atoms with E-state index in [1.165, 1.54) is 110 Å². The molecule has 4 aliphatic heterocycles. The molecule has 7 aromatic carbocycles. The minimum absolute atomic E-state index is 0.0548. The Kier molecular flexibility index (Phi) is 4.42. The van der Waals surface area contributed by atoms with E-state index in [1.54, 1.807) is 0 Å². The van der Waals surface area contributed by atoms with Crippen molar-refractivity contribution in [2.45, 2.75) is 4.90 Å². The standard InChI is InChI=1S/C43H25B2N3S/c1-49-37-23-22-32-43-40(37)45-39-27(31-17-7-15-29-25-11-3-5-19-34(25)48(45)42(29)31)13-9-21-36(39)46(43)35-20-8-12-26-30-16-6-14-28-24-10-2-4-18-33(24)47(41(28)30)44(32)38(26)35/h2-23H,1H3. The highest BCUT2D eigenvalue weighted by atomic mass is 32.2. The molecule has 224 valence electrons. The van der Waals surface area contributed by atoms with Crippen LogP contribution in [0.5, 0.6) is 0 Å². The van der Waals surface area contributed by atoms with E-state index in [4.69, 9.17) is 0 Å². The zero-order valence-corrected chi connectivity index (χ0v) is 27.4. The van der Waals surface area contributed by atoms with Gasteiger partial charge < -0.3 is 13.9 Å². The number of thioether (sulfide) groups is 1. The largest absolute Gasteiger partial charge is 0.375 e. The molecule has 0 spiro atoms. The van der Waals surface area contributed by atoms with Crippen molar-refractivity contribution in [3.8, 4) is 22.3 Å². The van der Waals surface area contributed by atoms with Crippen LogP contribution in [0.25, 0.3) is 65.9 Å². The topological polar surface area (TPSA) is 13.1 Å². The van der Waals surface area contributed by atoms with Crippen LogP contribution >= 0.6 is 11.8 Å². The lowest BCUT2D eigenvalue weighted by Crippen LogP contribution is -2.64. The first-order valence-electron chi connectivity index (χ1n) is 17.1. The van der Waals surface area contributed by atoms with Crippen LogP contribution < -0.4 is 26.8 Å². The Hall–Kier alpha value is -5.58. The maximum absolute atomic E-state index is 2.68. The lowest BCUT2D eigenvalue weighted by molar-refractivity contribution is 1.23. The second-order valence-electron chi connectivity index (χ2n) is 13.9. The van der Waals surface area contributed by atoms with Crippen LogP contribution in [-0.4, -0.2) is 28.9 Å². The van der Waals surface area contributed by atoms with E-state index >= 15 is 0 Å². The minimum atomic E-state index is 0.0548. The first-order chi connectivity index (χ1) is 24.3. The predicted octanol–water partition coefficient (Wildman–Crippen LogP) is 7.99. The fourth-order valence-corrected chi connectivity index (χ4v) is 11.0. The van der Waals surface area contributed by atoms with Crippen LogP contribution in [0.1, 0.15) is 0 Å². The molecular weight excluding hydrogens is 612 g/mol. The highest BCUT2D eigenvalue weighted by molar-refractivity contribution is 7.98. The summed E-state index contributed by atoms with van der Waals surface area (Å²) in [4.78, 5) is 3.99. The molecule has 0 radical (unpaired) electrons. The Balaban J connectivity index is 1.25. The number of benzene rings is 7. The maximum atomic E-state index is 2.68. The average molecular weight is 637 g/mol. The first kappa shape index (κ1) is 25.4. The Bertz CT molecular complexity index is 3020. The second kappa shape index (κ2) is 8.52. The molecule has 0 saturated carbocycles.